The van der Waals surface area contributed by atoms with E-state index >= 15 is 0 Å². The summed E-state index contributed by atoms with van der Waals surface area (Å²) in [5, 5.41) is 6.70. The molecule has 148 valence electrons. The van der Waals surface area contributed by atoms with Crippen LogP contribution < -0.4 is 10.6 Å². The number of hydrogen-bond acceptors (Lipinski definition) is 2. The number of halogens is 1. The molecule has 2 aromatic carbocycles. The van der Waals surface area contributed by atoms with Crippen LogP contribution in [0.25, 0.3) is 0 Å². The van der Waals surface area contributed by atoms with Gasteiger partial charge < -0.3 is 15.2 Å². The average molecular weight is 489 g/mol. The van der Waals surface area contributed by atoms with Crippen molar-refractivity contribution >= 4 is 29.9 Å². The van der Waals surface area contributed by atoms with Crippen LogP contribution in [0.2, 0.25) is 0 Å². The molecule has 3 rings (SSSR count). The first-order valence-electron chi connectivity index (χ1n) is 9.37. The van der Waals surface area contributed by atoms with Crippen molar-refractivity contribution in [2.45, 2.75) is 33.5 Å². The molecule has 0 aliphatic carbocycles. The predicted octanol–water partition coefficient (Wildman–Crippen LogP) is 4.11. The highest BCUT2D eigenvalue weighted by Crippen LogP contribution is 2.08. The van der Waals surface area contributed by atoms with Crippen molar-refractivity contribution in [1.29, 1.82) is 0 Å². The Hall–Kier alpha value is -2.35. The molecule has 1 aromatic heterocycles. The highest BCUT2D eigenvalue weighted by molar-refractivity contribution is 14.0. The van der Waals surface area contributed by atoms with E-state index in [4.69, 9.17) is 4.99 Å². The minimum absolute atomic E-state index is 0. The van der Waals surface area contributed by atoms with Gasteiger partial charge in [0.1, 0.15) is 5.82 Å². The molecule has 2 N–H and O–H groups in total. The van der Waals surface area contributed by atoms with Crippen LogP contribution >= 0.6 is 24.0 Å². The topological polar surface area (TPSA) is 54.2 Å². The number of benzene rings is 2. The van der Waals surface area contributed by atoms with Gasteiger partial charge in [-0.1, -0.05) is 54.6 Å². The van der Waals surface area contributed by atoms with E-state index in [0.29, 0.717) is 13.1 Å². The minimum Gasteiger partial charge on any atom is -0.357 e. The Morgan fingerprint density at radius 2 is 1.79 bits per heavy atom. The van der Waals surface area contributed by atoms with Crippen LogP contribution in [0.5, 0.6) is 0 Å². The molecular formula is C22H28IN5. The van der Waals surface area contributed by atoms with Gasteiger partial charge in [0.25, 0.3) is 0 Å². The van der Waals surface area contributed by atoms with Crippen LogP contribution in [0.3, 0.4) is 0 Å². The zero-order valence-electron chi connectivity index (χ0n) is 16.4. The number of aromatic nitrogens is 2. The van der Waals surface area contributed by atoms with E-state index in [1.54, 1.807) is 0 Å². The van der Waals surface area contributed by atoms with Crippen molar-refractivity contribution in [3.8, 4) is 0 Å². The summed E-state index contributed by atoms with van der Waals surface area (Å²) in [5.74, 6) is 1.79. The minimum atomic E-state index is 0. The third kappa shape index (κ3) is 6.37. The maximum Gasteiger partial charge on any atom is 0.191 e. The molecule has 0 aliphatic heterocycles. The molecule has 1 heterocycles. The number of aliphatic imine (C=N–C) groups is 1. The van der Waals surface area contributed by atoms with E-state index in [0.717, 1.165) is 24.9 Å². The third-order valence-corrected chi connectivity index (χ3v) is 4.42. The van der Waals surface area contributed by atoms with Gasteiger partial charge >= 0.3 is 0 Å². The molecule has 6 heteroatoms. The van der Waals surface area contributed by atoms with Gasteiger partial charge in [-0.25, -0.2) is 9.98 Å². The van der Waals surface area contributed by atoms with Crippen LogP contribution in [0.1, 0.15) is 29.4 Å². The molecule has 28 heavy (non-hydrogen) atoms. The molecule has 0 atom stereocenters. The number of imidazole rings is 1. The molecule has 0 spiro atoms. The van der Waals surface area contributed by atoms with Crippen molar-refractivity contribution in [2.75, 3.05) is 6.54 Å². The normalized spacial score (nSPS) is 11.0. The van der Waals surface area contributed by atoms with Crippen LogP contribution in [-0.2, 0) is 19.6 Å². The molecular weight excluding hydrogens is 461 g/mol. The lowest BCUT2D eigenvalue weighted by atomic mass is 10.1. The Morgan fingerprint density at radius 1 is 1.04 bits per heavy atom. The van der Waals surface area contributed by atoms with Crippen LogP contribution in [0, 0.1) is 6.92 Å². The first kappa shape index (κ1) is 21.9. The second-order valence-electron chi connectivity index (χ2n) is 6.43. The van der Waals surface area contributed by atoms with Crippen LogP contribution in [0.4, 0.5) is 0 Å². The summed E-state index contributed by atoms with van der Waals surface area (Å²) in [5.41, 5.74) is 3.76. The largest absolute Gasteiger partial charge is 0.357 e. The number of nitrogens with one attached hydrogen (secondary N) is 2. The summed E-state index contributed by atoms with van der Waals surface area (Å²) >= 11 is 0. The smallest absolute Gasteiger partial charge is 0.191 e. The molecule has 0 radical (unpaired) electrons. The Kier molecular flexibility index (Phi) is 9.00. The van der Waals surface area contributed by atoms with E-state index in [2.05, 4.69) is 82.6 Å². The first-order chi connectivity index (χ1) is 13.3. The number of aryl methyl sites for hydroxylation is 1. The van der Waals surface area contributed by atoms with Crippen molar-refractivity contribution in [2.24, 2.45) is 4.99 Å². The number of rotatable bonds is 7. The molecule has 0 fully saturated rings. The second kappa shape index (κ2) is 11.5. The lowest BCUT2D eigenvalue weighted by Crippen LogP contribution is -2.37. The van der Waals surface area contributed by atoms with Gasteiger partial charge in [0, 0.05) is 25.5 Å². The number of hydrogen-bond donors (Lipinski definition) is 2. The highest BCUT2D eigenvalue weighted by Gasteiger charge is 2.05. The number of nitrogens with zero attached hydrogens (tertiary/aromatic N) is 3. The van der Waals surface area contributed by atoms with E-state index in [9.17, 15) is 0 Å². The summed E-state index contributed by atoms with van der Waals surface area (Å²) in [4.78, 5) is 9.21. The maximum absolute atomic E-state index is 4.72. The molecule has 0 unspecified atom stereocenters. The lowest BCUT2D eigenvalue weighted by Gasteiger charge is -2.13. The van der Waals surface area contributed by atoms with E-state index < -0.39 is 0 Å². The molecule has 0 saturated heterocycles. The fraction of sp³-hybridized carbons (Fsp3) is 0.273. The molecule has 0 saturated carbocycles. The summed E-state index contributed by atoms with van der Waals surface area (Å²) in [6.45, 7) is 7.10. The SMILES string of the molecule is CCNC(=NCc1ccccc1C)NCc1nccn1Cc1ccccc1.I. The third-order valence-electron chi connectivity index (χ3n) is 4.42. The van der Waals surface area contributed by atoms with Crippen molar-refractivity contribution in [3.05, 3.63) is 89.5 Å². The molecule has 0 amide bonds. The lowest BCUT2D eigenvalue weighted by molar-refractivity contribution is 0.688. The fourth-order valence-corrected chi connectivity index (χ4v) is 2.89. The average Bonchev–Trinajstić information content (AvgIpc) is 3.13. The van der Waals surface area contributed by atoms with Gasteiger partial charge in [-0.15, -0.1) is 24.0 Å². The van der Waals surface area contributed by atoms with E-state index in [1.165, 1.54) is 16.7 Å². The van der Waals surface area contributed by atoms with Crippen molar-refractivity contribution < 1.29 is 0 Å². The molecule has 0 aliphatic rings. The van der Waals surface area contributed by atoms with Gasteiger partial charge in [0.2, 0.25) is 0 Å². The van der Waals surface area contributed by atoms with Gasteiger partial charge in [-0.2, -0.15) is 0 Å². The summed E-state index contributed by atoms with van der Waals surface area (Å²) in [7, 11) is 0. The first-order valence-corrected chi connectivity index (χ1v) is 9.37. The van der Waals surface area contributed by atoms with Gasteiger partial charge in [0.05, 0.1) is 13.1 Å². The fourth-order valence-electron chi connectivity index (χ4n) is 2.89. The van der Waals surface area contributed by atoms with Gasteiger partial charge in [-0.3, -0.25) is 0 Å². The van der Waals surface area contributed by atoms with Gasteiger partial charge in [0.15, 0.2) is 5.96 Å². The van der Waals surface area contributed by atoms with Crippen molar-refractivity contribution in [3.63, 3.8) is 0 Å². The van der Waals surface area contributed by atoms with E-state index in [-0.39, 0.29) is 24.0 Å². The Bertz CT molecular complexity index is 873. The van der Waals surface area contributed by atoms with Crippen LogP contribution in [0.15, 0.2) is 72.0 Å². The monoisotopic (exact) mass is 489 g/mol. The maximum atomic E-state index is 4.72. The summed E-state index contributed by atoms with van der Waals surface area (Å²) < 4.78 is 2.16. The predicted molar refractivity (Wildman–Crippen MR) is 126 cm³/mol. The Balaban J connectivity index is 0.00000280. The summed E-state index contributed by atoms with van der Waals surface area (Å²) in [6.07, 6.45) is 3.86. The summed E-state index contributed by atoms with van der Waals surface area (Å²) in [6, 6.07) is 18.8. The zero-order chi connectivity index (χ0) is 18.9. The molecule has 0 bridgehead atoms. The molecule has 3 aromatic rings. The van der Waals surface area contributed by atoms with Crippen LogP contribution in [-0.4, -0.2) is 22.1 Å². The Morgan fingerprint density at radius 3 is 2.54 bits per heavy atom. The standard InChI is InChI=1S/C22H27N5.HI/c1-3-23-22(25-15-20-12-8-7-9-18(20)2)26-16-21-24-13-14-27(21)17-19-10-5-4-6-11-19;/h4-14H,3,15-17H2,1-2H3,(H2,23,25,26);1H. The quantitative estimate of drug-likeness (QED) is 0.299. The molecule has 5 nitrogen and oxygen atoms in total. The Labute approximate surface area is 184 Å². The highest BCUT2D eigenvalue weighted by atomic mass is 127. The van der Waals surface area contributed by atoms with Gasteiger partial charge in [-0.05, 0) is 30.5 Å². The van der Waals surface area contributed by atoms with E-state index in [1.807, 2.05) is 18.5 Å². The second-order valence-corrected chi connectivity index (χ2v) is 6.43. The zero-order valence-corrected chi connectivity index (χ0v) is 18.8. The number of guanidine groups is 1. The van der Waals surface area contributed by atoms with Crippen molar-refractivity contribution in [1.82, 2.24) is 20.2 Å².